The van der Waals surface area contributed by atoms with Crippen molar-refractivity contribution in [2.75, 3.05) is 18.3 Å². The summed E-state index contributed by atoms with van der Waals surface area (Å²) >= 11 is 8.49. The van der Waals surface area contributed by atoms with Crippen LogP contribution in [0.5, 0.6) is 0 Å². The molecule has 0 radical (unpaired) electrons. The number of β-lactam (4-membered cyclic amide) rings is 1. The Morgan fingerprint density at radius 1 is 1.24 bits per heavy atom. The highest BCUT2D eigenvalue weighted by Gasteiger charge is 2.54. The molecule has 0 aliphatic carbocycles. The molecule has 3 heterocycles. The van der Waals surface area contributed by atoms with Crippen LogP contribution in [-0.2, 0) is 14.4 Å². The zero-order valence-corrected chi connectivity index (χ0v) is 21.0. The van der Waals surface area contributed by atoms with Crippen molar-refractivity contribution in [2.45, 2.75) is 44.3 Å². The number of hydrogen-bond acceptors (Lipinski definition) is 7. The van der Waals surface area contributed by atoms with Crippen LogP contribution in [0.25, 0.3) is 0 Å². The van der Waals surface area contributed by atoms with Crippen LogP contribution in [0, 0.1) is 0 Å². The summed E-state index contributed by atoms with van der Waals surface area (Å²) in [5.74, 6) is -0.715. The lowest BCUT2D eigenvalue weighted by atomic mass is 10.0. The average Bonchev–Trinajstić information content (AvgIpc) is 2.78. The van der Waals surface area contributed by atoms with Crippen LogP contribution in [0.15, 0.2) is 41.6 Å². The first-order chi connectivity index (χ1) is 15.7. The minimum atomic E-state index is -1.12. The van der Waals surface area contributed by atoms with Crippen molar-refractivity contribution in [3.8, 4) is 0 Å². The normalized spacial score (nSPS) is 24.5. The third-order valence-electron chi connectivity index (χ3n) is 5.93. The summed E-state index contributed by atoms with van der Waals surface area (Å²) in [6, 6.07) is 8.31. The monoisotopic (exact) mass is 506 g/mol. The van der Waals surface area contributed by atoms with Crippen molar-refractivity contribution in [3.63, 3.8) is 0 Å². The zero-order chi connectivity index (χ0) is 23.9. The van der Waals surface area contributed by atoms with Gasteiger partial charge in [-0.1, -0.05) is 54.3 Å². The lowest BCUT2D eigenvalue weighted by molar-refractivity contribution is -0.151. The second-order valence-electron chi connectivity index (χ2n) is 8.48. The van der Waals surface area contributed by atoms with Gasteiger partial charge in [-0.05, 0) is 31.9 Å². The molecule has 4 rings (SSSR count). The third-order valence-corrected chi connectivity index (χ3v) is 8.89. The molecule has 3 aliphatic heterocycles. The Labute approximate surface area is 206 Å². The van der Waals surface area contributed by atoms with Gasteiger partial charge in [0, 0.05) is 11.8 Å². The molecule has 0 aromatic heterocycles. The molecule has 0 saturated carbocycles. The van der Waals surface area contributed by atoms with Gasteiger partial charge in [-0.2, -0.15) is 0 Å². The lowest BCUT2D eigenvalue weighted by Crippen LogP contribution is -2.71. The highest BCUT2D eigenvalue weighted by Crippen LogP contribution is 2.40. The van der Waals surface area contributed by atoms with E-state index in [0.717, 1.165) is 9.88 Å². The molecule has 1 unspecified atom stereocenters. The van der Waals surface area contributed by atoms with Gasteiger partial charge in [0.05, 0.1) is 12.5 Å². The number of hydrogen-bond donors (Lipinski definition) is 2. The van der Waals surface area contributed by atoms with Crippen molar-refractivity contribution in [3.05, 3.63) is 47.2 Å². The maximum Gasteiger partial charge on any atom is 0.352 e. The van der Waals surface area contributed by atoms with E-state index in [9.17, 15) is 19.5 Å². The third kappa shape index (κ3) is 4.51. The van der Waals surface area contributed by atoms with E-state index in [1.54, 1.807) is 6.92 Å². The van der Waals surface area contributed by atoms with E-state index in [4.69, 9.17) is 12.2 Å². The van der Waals surface area contributed by atoms with Crippen molar-refractivity contribution in [1.82, 2.24) is 20.0 Å². The number of nitrogens with one attached hydrogen (secondary N) is 1. The van der Waals surface area contributed by atoms with Crippen LogP contribution in [0.1, 0.15) is 32.4 Å². The minimum Gasteiger partial charge on any atom is -0.477 e. The molecule has 1 aromatic carbocycles. The molecular weight excluding hydrogens is 480 g/mol. The van der Waals surface area contributed by atoms with E-state index in [2.05, 4.69) is 24.1 Å². The molecule has 2 saturated heterocycles. The fraction of sp³-hybridized carbons (Fsp3) is 0.455. The Kier molecular flexibility index (Phi) is 7.04. The first kappa shape index (κ1) is 24.1. The molecule has 2 amide bonds. The predicted molar refractivity (Wildman–Crippen MR) is 133 cm³/mol. The summed E-state index contributed by atoms with van der Waals surface area (Å²) in [5.41, 5.74) is 1.51. The summed E-state index contributed by atoms with van der Waals surface area (Å²) in [7, 11) is 0. The Hall–Kier alpha value is -2.08. The summed E-state index contributed by atoms with van der Waals surface area (Å²) in [6.45, 7) is 6.34. The van der Waals surface area contributed by atoms with Crippen LogP contribution < -0.4 is 5.32 Å². The molecule has 11 heteroatoms. The number of carbonyl (C=O) groups is 3. The van der Waals surface area contributed by atoms with Crippen LogP contribution >= 0.6 is 35.7 Å². The Bertz CT molecular complexity index is 1020. The number of carbonyl (C=O) groups excluding carboxylic acids is 2. The molecule has 0 bridgehead atoms. The molecule has 0 spiro atoms. The number of carboxylic acids is 1. The summed E-state index contributed by atoms with van der Waals surface area (Å²) < 4.78 is 0.806. The highest BCUT2D eigenvalue weighted by molar-refractivity contribution is 8.22. The number of aliphatic carboxylic acids is 1. The van der Waals surface area contributed by atoms with Crippen molar-refractivity contribution >= 4 is 57.8 Å². The molecule has 8 nitrogen and oxygen atoms in total. The molecule has 1 aromatic rings. The quantitative estimate of drug-likeness (QED) is 0.446. The summed E-state index contributed by atoms with van der Waals surface area (Å²) in [5, 5.41) is 12.1. The number of rotatable bonds is 6. The molecule has 176 valence electrons. The second kappa shape index (κ2) is 9.65. The van der Waals surface area contributed by atoms with Crippen LogP contribution in [0.3, 0.4) is 0 Å². The Morgan fingerprint density at radius 3 is 2.58 bits per heavy atom. The second-order valence-corrected chi connectivity index (χ2v) is 11.2. The first-order valence-corrected chi connectivity index (χ1v) is 13.1. The van der Waals surface area contributed by atoms with E-state index < -0.39 is 23.4 Å². The molecule has 3 atom stereocenters. The van der Waals surface area contributed by atoms with E-state index in [0.29, 0.717) is 23.9 Å². The molecule has 3 aliphatic rings. The number of amides is 2. The van der Waals surface area contributed by atoms with Crippen LogP contribution in [-0.4, -0.2) is 77.7 Å². The Morgan fingerprint density at radius 2 is 1.94 bits per heavy atom. The maximum atomic E-state index is 13.6. The zero-order valence-electron chi connectivity index (χ0n) is 18.6. The van der Waals surface area contributed by atoms with Gasteiger partial charge in [0.25, 0.3) is 5.91 Å². The van der Waals surface area contributed by atoms with E-state index >= 15 is 0 Å². The molecule has 2 N–H and O–H groups in total. The van der Waals surface area contributed by atoms with Crippen LogP contribution in [0.2, 0.25) is 0 Å². The highest BCUT2D eigenvalue weighted by atomic mass is 32.2. The lowest BCUT2D eigenvalue weighted by Gasteiger charge is -2.50. The SMILES string of the molecule is CC1=C(C(=O)O)N2C(=O)[C@@H](NC(=O)[C@@H](c3ccccc3)N3CSC(=S)N(C(C)C)C3)C2SC1. The number of nitrogens with zero attached hydrogens (tertiary/aromatic N) is 3. The van der Waals surface area contributed by atoms with E-state index in [1.807, 2.05) is 35.2 Å². The molecule has 33 heavy (non-hydrogen) atoms. The smallest absolute Gasteiger partial charge is 0.352 e. The number of carboxylic acid groups (broad SMARTS) is 1. The number of benzene rings is 1. The fourth-order valence-electron chi connectivity index (χ4n) is 4.22. The van der Waals surface area contributed by atoms with Gasteiger partial charge in [0.1, 0.15) is 27.5 Å². The Balaban J connectivity index is 1.56. The van der Waals surface area contributed by atoms with E-state index in [1.165, 1.54) is 28.4 Å². The average molecular weight is 507 g/mol. The topological polar surface area (TPSA) is 93.2 Å². The van der Waals surface area contributed by atoms with Gasteiger partial charge in [0.15, 0.2) is 0 Å². The maximum absolute atomic E-state index is 13.6. The van der Waals surface area contributed by atoms with Gasteiger partial charge in [-0.3, -0.25) is 19.4 Å². The first-order valence-electron chi connectivity index (χ1n) is 10.6. The van der Waals surface area contributed by atoms with Gasteiger partial charge < -0.3 is 15.3 Å². The standard InChI is InChI=1S/C22H26N4O4S3/c1-12(2)25-10-24(11-33-22(25)31)17(14-7-5-4-6-8-14)18(27)23-15-19(28)26-16(21(29)30)13(3)9-32-20(15)26/h4-8,12,15,17,20H,9-11H2,1-3H3,(H,23,27)(H,29,30)/t15-,17-,20?/m1/s1. The van der Waals surface area contributed by atoms with Crippen molar-refractivity contribution < 1.29 is 19.5 Å². The van der Waals surface area contributed by atoms with Gasteiger partial charge in [0.2, 0.25) is 5.91 Å². The predicted octanol–water partition coefficient (Wildman–Crippen LogP) is 2.45. The summed E-state index contributed by atoms with van der Waals surface area (Å²) in [6.07, 6.45) is 0. The minimum absolute atomic E-state index is 0.0300. The fourth-order valence-corrected chi connectivity index (χ4v) is 6.88. The number of thiocarbonyl (C=S) groups is 1. The largest absolute Gasteiger partial charge is 0.477 e. The van der Waals surface area contributed by atoms with Gasteiger partial charge >= 0.3 is 5.97 Å². The van der Waals surface area contributed by atoms with Gasteiger partial charge in [-0.15, -0.1) is 11.8 Å². The van der Waals surface area contributed by atoms with Crippen molar-refractivity contribution in [1.29, 1.82) is 0 Å². The number of thioether (sulfide) groups is 2. The van der Waals surface area contributed by atoms with Gasteiger partial charge in [-0.25, -0.2) is 4.79 Å². The molecule has 2 fully saturated rings. The number of fused-ring (bicyclic) bond motifs is 1. The summed E-state index contributed by atoms with van der Waals surface area (Å²) in [4.78, 5) is 43.5. The van der Waals surface area contributed by atoms with Crippen LogP contribution in [0.4, 0.5) is 0 Å². The molecular formula is C22H26N4O4S3. The van der Waals surface area contributed by atoms with Crippen molar-refractivity contribution in [2.24, 2.45) is 0 Å². The van der Waals surface area contributed by atoms with E-state index in [-0.39, 0.29) is 23.6 Å².